The van der Waals surface area contributed by atoms with Gasteiger partial charge in [-0.3, -0.25) is 0 Å². The molecule has 0 amide bonds. The highest BCUT2D eigenvalue weighted by atomic mass is 32.1. The molecule has 5 heteroatoms. The van der Waals surface area contributed by atoms with Crippen LogP contribution < -0.4 is 5.32 Å². The lowest BCUT2D eigenvalue weighted by Crippen LogP contribution is -2.22. The standard InChI is InChI=1S/C21H17N3OS/c25-18-11-13-5-1-2-6-15(13)19(18)23-21-16-7-3-4-8-17(16)22-20(24-21)14-9-10-26-12-14/h1-10,12,18-19,25H,11H2,(H,22,23,24)/t18-,19+/m0/s1. The minimum Gasteiger partial charge on any atom is -0.390 e. The highest BCUT2D eigenvalue weighted by molar-refractivity contribution is 7.08. The number of nitrogens with one attached hydrogen (secondary N) is 1. The van der Waals surface area contributed by atoms with Gasteiger partial charge in [-0.25, -0.2) is 9.97 Å². The first kappa shape index (κ1) is 15.5. The number of anilines is 1. The van der Waals surface area contributed by atoms with Crippen LogP contribution in [-0.2, 0) is 6.42 Å². The molecule has 0 radical (unpaired) electrons. The molecule has 2 heterocycles. The lowest BCUT2D eigenvalue weighted by molar-refractivity contribution is 0.165. The van der Waals surface area contributed by atoms with Gasteiger partial charge in [0.05, 0.1) is 17.7 Å². The smallest absolute Gasteiger partial charge is 0.162 e. The second-order valence-electron chi connectivity index (χ2n) is 6.52. The highest BCUT2D eigenvalue weighted by Crippen LogP contribution is 2.35. The summed E-state index contributed by atoms with van der Waals surface area (Å²) < 4.78 is 0. The first-order chi connectivity index (χ1) is 12.8. The minimum atomic E-state index is -0.467. The molecule has 2 aromatic heterocycles. The maximum absolute atomic E-state index is 10.6. The number of benzene rings is 2. The first-order valence-electron chi connectivity index (χ1n) is 8.61. The van der Waals surface area contributed by atoms with Gasteiger partial charge in [0.25, 0.3) is 0 Å². The molecule has 0 saturated heterocycles. The minimum absolute atomic E-state index is 0.167. The van der Waals surface area contributed by atoms with Crippen LogP contribution in [0.1, 0.15) is 17.2 Å². The van der Waals surface area contributed by atoms with Crippen molar-refractivity contribution >= 4 is 28.1 Å². The van der Waals surface area contributed by atoms with Crippen LogP contribution in [0.25, 0.3) is 22.3 Å². The van der Waals surface area contributed by atoms with Crippen molar-refractivity contribution in [2.45, 2.75) is 18.6 Å². The Morgan fingerprint density at radius 3 is 2.73 bits per heavy atom. The number of aromatic nitrogens is 2. The molecule has 5 rings (SSSR count). The number of hydrogen-bond donors (Lipinski definition) is 2. The van der Waals surface area contributed by atoms with Crippen molar-refractivity contribution < 1.29 is 5.11 Å². The number of thiophene rings is 1. The maximum Gasteiger partial charge on any atom is 0.162 e. The fourth-order valence-electron chi connectivity index (χ4n) is 3.60. The second kappa shape index (κ2) is 6.20. The predicted molar refractivity (Wildman–Crippen MR) is 105 cm³/mol. The summed E-state index contributed by atoms with van der Waals surface area (Å²) in [6.07, 6.45) is 0.194. The Morgan fingerprint density at radius 1 is 1.00 bits per heavy atom. The quantitative estimate of drug-likeness (QED) is 0.568. The van der Waals surface area contributed by atoms with E-state index in [1.807, 2.05) is 53.2 Å². The zero-order valence-corrected chi connectivity index (χ0v) is 14.8. The van der Waals surface area contributed by atoms with Crippen LogP contribution in [0.2, 0.25) is 0 Å². The number of hydrogen-bond acceptors (Lipinski definition) is 5. The molecule has 1 aliphatic carbocycles. The summed E-state index contributed by atoms with van der Waals surface area (Å²) in [5, 5.41) is 19.1. The molecule has 0 bridgehead atoms. The van der Waals surface area contributed by atoms with Crippen LogP contribution in [0, 0.1) is 0 Å². The Morgan fingerprint density at radius 2 is 1.85 bits per heavy atom. The van der Waals surface area contributed by atoms with E-state index in [1.165, 1.54) is 5.56 Å². The van der Waals surface area contributed by atoms with E-state index in [1.54, 1.807) is 11.3 Å². The molecule has 0 saturated carbocycles. The number of aliphatic hydroxyl groups excluding tert-OH is 1. The van der Waals surface area contributed by atoms with E-state index in [4.69, 9.17) is 9.97 Å². The fraction of sp³-hybridized carbons (Fsp3) is 0.143. The highest BCUT2D eigenvalue weighted by Gasteiger charge is 2.31. The molecule has 0 fully saturated rings. The van der Waals surface area contributed by atoms with Crippen molar-refractivity contribution in [2.75, 3.05) is 5.32 Å². The maximum atomic E-state index is 10.6. The summed E-state index contributed by atoms with van der Waals surface area (Å²) in [4.78, 5) is 9.50. The normalized spacial score (nSPS) is 18.8. The van der Waals surface area contributed by atoms with Gasteiger partial charge in [0, 0.05) is 22.8 Å². The van der Waals surface area contributed by atoms with Crippen LogP contribution in [0.5, 0.6) is 0 Å². The van der Waals surface area contributed by atoms with E-state index >= 15 is 0 Å². The number of nitrogens with zero attached hydrogens (tertiary/aromatic N) is 2. The summed E-state index contributed by atoms with van der Waals surface area (Å²) in [7, 11) is 0. The van der Waals surface area contributed by atoms with E-state index in [-0.39, 0.29) is 6.04 Å². The summed E-state index contributed by atoms with van der Waals surface area (Å²) in [5.41, 5.74) is 4.23. The van der Waals surface area contributed by atoms with Gasteiger partial charge >= 0.3 is 0 Å². The molecule has 2 atom stereocenters. The van der Waals surface area contributed by atoms with Gasteiger partial charge in [0.2, 0.25) is 0 Å². The third kappa shape index (κ3) is 2.57. The van der Waals surface area contributed by atoms with Crippen molar-refractivity contribution in [1.29, 1.82) is 0 Å². The van der Waals surface area contributed by atoms with Gasteiger partial charge < -0.3 is 10.4 Å². The number of rotatable bonds is 3. The number of aliphatic hydroxyl groups is 1. The average Bonchev–Trinajstić information content (AvgIpc) is 3.30. The first-order valence-corrected chi connectivity index (χ1v) is 9.55. The SMILES string of the molecule is O[C@H]1Cc2ccccc2[C@H]1Nc1nc(-c2ccsc2)nc2ccccc12. The predicted octanol–water partition coefficient (Wildman–Crippen LogP) is 4.43. The summed E-state index contributed by atoms with van der Waals surface area (Å²) in [6.45, 7) is 0. The molecule has 2 N–H and O–H groups in total. The van der Waals surface area contributed by atoms with Crippen LogP contribution in [0.4, 0.5) is 5.82 Å². The molecule has 4 aromatic rings. The van der Waals surface area contributed by atoms with Crippen LogP contribution >= 0.6 is 11.3 Å². The molecule has 26 heavy (non-hydrogen) atoms. The van der Waals surface area contributed by atoms with E-state index in [0.29, 0.717) is 12.2 Å². The topological polar surface area (TPSA) is 58.0 Å². The third-order valence-electron chi connectivity index (χ3n) is 4.88. The van der Waals surface area contributed by atoms with Gasteiger partial charge in [-0.15, -0.1) is 0 Å². The van der Waals surface area contributed by atoms with Crippen molar-refractivity contribution in [3.8, 4) is 11.4 Å². The summed E-state index contributed by atoms with van der Waals surface area (Å²) >= 11 is 1.63. The molecular weight excluding hydrogens is 342 g/mol. The number of para-hydroxylation sites is 1. The van der Waals surface area contributed by atoms with E-state index in [2.05, 4.69) is 17.4 Å². The molecule has 4 nitrogen and oxygen atoms in total. The Bertz CT molecular complexity index is 1080. The lowest BCUT2D eigenvalue weighted by atomic mass is 10.1. The van der Waals surface area contributed by atoms with Gasteiger partial charge in [-0.2, -0.15) is 11.3 Å². The van der Waals surface area contributed by atoms with Gasteiger partial charge in [-0.1, -0.05) is 36.4 Å². The second-order valence-corrected chi connectivity index (χ2v) is 7.30. The van der Waals surface area contributed by atoms with Crippen LogP contribution in [-0.4, -0.2) is 21.2 Å². The molecule has 128 valence electrons. The third-order valence-corrected chi connectivity index (χ3v) is 5.56. The summed E-state index contributed by atoms with van der Waals surface area (Å²) in [6, 6.07) is 18.0. The molecule has 1 aliphatic rings. The van der Waals surface area contributed by atoms with E-state index in [9.17, 15) is 5.11 Å². The Kier molecular flexibility index (Phi) is 3.69. The zero-order valence-electron chi connectivity index (χ0n) is 14.0. The molecule has 2 aromatic carbocycles. The van der Waals surface area contributed by atoms with Crippen LogP contribution in [0.15, 0.2) is 65.4 Å². The van der Waals surface area contributed by atoms with Gasteiger partial charge in [0.1, 0.15) is 5.82 Å². The van der Waals surface area contributed by atoms with Crippen molar-refractivity contribution in [3.63, 3.8) is 0 Å². The molecule has 0 spiro atoms. The van der Waals surface area contributed by atoms with Crippen molar-refractivity contribution in [3.05, 3.63) is 76.5 Å². The van der Waals surface area contributed by atoms with Crippen molar-refractivity contribution in [2.24, 2.45) is 0 Å². The van der Waals surface area contributed by atoms with E-state index < -0.39 is 6.10 Å². The van der Waals surface area contributed by atoms with Crippen LogP contribution in [0.3, 0.4) is 0 Å². The summed E-state index contributed by atoms with van der Waals surface area (Å²) in [5.74, 6) is 1.46. The van der Waals surface area contributed by atoms with Crippen molar-refractivity contribution in [1.82, 2.24) is 9.97 Å². The monoisotopic (exact) mass is 359 g/mol. The Hall–Kier alpha value is -2.76. The Balaban J connectivity index is 1.62. The molecular formula is C21H17N3OS. The molecule has 0 unspecified atom stereocenters. The lowest BCUT2D eigenvalue weighted by Gasteiger charge is -2.20. The Labute approximate surface area is 155 Å². The largest absolute Gasteiger partial charge is 0.390 e. The zero-order chi connectivity index (χ0) is 17.5. The number of fused-ring (bicyclic) bond motifs is 2. The average molecular weight is 359 g/mol. The fourth-order valence-corrected chi connectivity index (χ4v) is 4.24. The van der Waals surface area contributed by atoms with Gasteiger partial charge in [0.15, 0.2) is 5.82 Å². The van der Waals surface area contributed by atoms with E-state index in [0.717, 1.165) is 27.8 Å². The van der Waals surface area contributed by atoms with Gasteiger partial charge in [-0.05, 0) is 34.7 Å². The molecule has 0 aliphatic heterocycles.